The fourth-order valence-electron chi connectivity index (χ4n) is 2.76. The van der Waals surface area contributed by atoms with Gasteiger partial charge in [0.25, 0.3) is 0 Å². The van der Waals surface area contributed by atoms with Gasteiger partial charge < -0.3 is 14.8 Å². The molecule has 1 aliphatic heterocycles. The van der Waals surface area contributed by atoms with Crippen LogP contribution in [0.3, 0.4) is 0 Å². The Bertz CT molecular complexity index is 754. The number of alkyl halides is 2. The monoisotopic (exact) mass is 413 g/mol. The average Bonchev–Trinajstić information content (AvgIpc) is 3.33. The van der Waals surface area contributed by atoms with E-state index in [2.05, 4.69) is 25.6 Å². The molecule has 1 N–H and O–H groups in total. The first-order valence-electron chi connectivity index (χ1n) is 8.91. The number of halogens is 2. The fourth-order valence-corrected chi connectivity index (χ4v) is 3.48. The van der Waals surface area contributed by atoms with Gasteiger partial charge in [-0.15, -0.1) is 5.10 Å². The highest BCUT2D eigenvalue weighted by atomic mass is 32.2. The Labute approximate surface area is 165 Å². The van der Waals surface area contributed by atoms with Gasteiger partial charge in [0.05, 0.1) is 18.4 Å². The van der Waals surface area contributed by atoms with Crippen LogP contribution in [0, 0.1) is 0 Å². The molecule has 0 aliphatic carbocycles. The van der Waals surface area contributed by atoms with Crippen LogP contribution in [0.4, 0.5) is 8.78 Å². The van der Waals surface area contributed by atoms with E-state index in [0.29, 0.717) is 24.7 Å². The van der Waals surface area contributed by atoms with Crippen molar-refractivity contribution < 1.29 is 23.0 Å². The summed E-state index contributed by atoms with van der Waals surface area (Å²) in [7, 11) is 0. The van der Waals surface area contributed by atoms with Crippen molar-refractivity contribution in [2.75, 3.05) is 18.9 Å². The third-order valence-corrected chi connectivity index (χ3v) is 5.07. The topological polar surface area (TPSA) is 91.2 Å². The lowest BCUT2D eigenvalue weighted by atomic mass is 10.1. The molecule has 1 saturated heterocycles. The summed E-state index contributed by atoms with van der Waals surface area (Å²) in [6.07, 6.45) is 2.73. The fraction of sp³-hybridized carbons (Fsp3) is 0.529. The third kappa shape index (κ3) is 6.41. The number of nitrogens with zero attached hydrogens (tertiary/aromatic N) is 4. The first kappa shape index (κ1) is 20.5. The van der Waals surface area contributed by atoms with Crippen LogP contribution in [0.25, 0.3) is 0 Å². The Hall–Kier alpha value is -2.27. The van der Waals surface area contributed by atoms with Crippen molar-refractivity contribution in [3.63, 3.8) is 0 Å². The van der Waals surface area contributed by atoms with Crippen molar-refractivity contribution in [2.24, 2.45) is 0 Å². The number of amides is 1. The second-order valence-corrected chi connectivity index (χ2v) is 7.13. The van der Waals surface area contributed by atoms with Gasteiger partial charge in [0.15, 0.2) is 0 Å². The molecule has 1 unspecified atom stereocenters. The Morgan fingerprint density at radius 3 is 2.93 bits per heavy atom. The minimum absolute atomic E-state index is 0.111. The van der Waals surface area contributed by atoms with Gasteiger partial charge in [0.2, 0.25) is 11.1 Å². The van der Waals surface area contributed by atoms with Crippen LogP contribution in [-0.2, 0) is 22.5 Å². The normalized spacial score (nSPS) is 16.5. The molecular weight excluding hydrogens is 392 g/mol. The molecule has 1 aliphatic rings. The van der Waals surface area contributed by atoms with E-state index in [1.54, 1.807) is 16.8 Å². The summed E-state index contributed by atoms with van der Waals surface area (Å²) in [5.74, 6) is 0.182. The van der Waals surface area contributed by atoms with Crippen LogP contribution in [0.15, 0.2) is 29.4 Å². The smallest absolute Gasteiger partial charge is 0.387 e. The zero-order valence-corrected chi connectivity index (χ0v) is 15.9. The number of rotatable bonds is 10. The van der Waals surface area contributed by atoms with Crippen LogP contribution >= 0.6 is 11.8 Å². The molecule has 1 atom stereocenters. The molecule has 0 radical (unpaired) electrons. The molecule has 152 valence electrons. The van der Waals surface area contributed by atoms with Gasteiger partial charge in [0, 0.05) is 13.2 Å². The van der Waals surface area contributed by atoms with Gasteiger partial charge in [0.1, 0.15) is 5.75 Å². The van der Waals surface area contributed by atoms with Crippen molar-refractivity contribution in [3.05, 3.63) is 29.8 Å². The number of nitrogens with one attached hydrogen (secondary N) is 1. The zero-order chi connectivity index (χ0) is 19.8. The molecule has 8 nitrogen and oxygen atoms in total. The van der Waals surface area contributed by atoms with Crippen molar-refractivity contribution in [3.8, 4) is 5.75 Å². The molecule has 11 heteroatoms. The van der Waals surface area contributed by atoms with Crippen LogP contribution in [0.1, 0.15) is 18.4 Å². The van der Waals surface area contributed by atoms with E-state index in [1.807, 2.05) is 0 Å². The standard InChI is InChI=1S/C17H21F2N5O3S/c18-16(19)27-13-5-3-12(4-6-13)7-8-20-15(25)11-28-17-21-22-23-24(17)10-14-2-1-9-26-14/h3-6,14,16H,1-2,7-11H2,(H,20,25). The summed E-state index contributed by atoms with van der Waals surface area (Å²) >= 11 is 1.27. The second kappa shape index (κ2) is 10.3. The van der Waals surface area contributed by atoms with Crippen LogP contribution < -0.4 is 10.1 Å². The van der Waals surface area contributed by atoms with E-state index in [1.165, 1.54) is 23.9 Å². The molecule has 3 rings (SSSR count). The van der Waals surface area contributed by atoms with Gasteiger partial charge in [-0.2, -0.15) is 8.78 Å². The molecule has 28 heavy (non-hydrogen) atoms. The number of thioether (sulfide) groups is 1. The van der Waals surface area contributed by atoms with Crippen molar-refractivity contribution in [1.29, 1.82) is 0 Å². The molecule has 1 aromatic heterocycles. The van der Waals surface area contributed by atoms with E-state index in [4.69, 9.17) is 4.74 Å². The molecule has 1 fully saturated rings. The molecular formula is C17H21F2N5O3S. The lowest BCUT2D eigenvalue weighted by Crippen LogP contribution is -2.27. The number of carbonyl (C=O) groups is 1. The predicted octanol–water partition coefficient (Wildman–Crippen LogP) is 1.90. The summed E-state index contributed by atoms with van der Waals surface area (Å²) in [5, 5.41) is 15.0. The summed E-state index contributed by atoms with van der Waals surface area (Å²) in [6.45, 7) is -1.05. The first-order valence-corrected chi connectivity index (χ1v) is 9.90. The zero-order valence-electron chi connectivity index (χ0n) is 15.1. The SMILES string of the molecule is O=C(CSc1nnnn1CC1CCCO1)NCCc1ccc(OC(F)F)cc1. The quantitative estimate of drug-likeness (QED) is 0.595. The van der Waals surface area contributed by atoms with E-state index in [9.17, 15) is 13.6 Å². The highest BCUT2D eigenvalue weighted by Gasteiger charge is 2.19. The van der Waals surface area contributed by atoms with E-state index in [0.717, 1.165) is 25.0 Å². The molecule has 2 aromatic rings. The predicted molar refractivity (Wildman–Crippen MR) is 97.3 cm³/mol. The molecule has 1 amide bonds. The lowest BCUT2D eigenvalue weighted by Gasteiger charge is -2.10. The Kier molecular flexibility index (Phi) is 7.54. The van der Waals surface area contributed by atoms with Gasteiger partial charge in [-0.25, -0.2) is 4.68 Å². The highest BCUT2D eigenvalue weighted by molar-refractivity contribution is 7.99. The maximum Gasteiger partial charge on any atom is 0.387 e. The maximum absolute atomic E-state index is 12.1. The summed E-state index contributed by atoms with van der Waals surface area (Å²) < 4.78 is 35.8. The number of tetrazole rings is 1. The van der Waals surface area contributed by atoms with E-state index >= 15 is 0 Å². The number of hydrogen-bond acceptors (Lipinski definition) is 7. The minimum atomic E-state index is -2.84. The lowest BCUT2D eigenvalue weighted by molar-refractivity contribution is -0.118. The number of ether oxygens (including phenoxy) is 2. The number of carbonyl (C=O) groups excluding carboxylic acids is 1. The number of aromatic nitrogens is 4. The summed E-state index contributed by atoms with van der Waals surface area (Å²) in [4.78, 5) is 12.0. The van der Waals surface area contributed by atoms with Gasteiger partial charge in [-0.1, -0.05) is 23.9 Å². The van der Waals surface area contributed by atoms with Crippen LogP contribution in [0.2, 0.25) is 0 Å². The van der Waals surface area contributed by atoms with Crippen molar-refractivity contribution >= 4 is 17.7 Å². The van der Waals surface area contributed by atoms with Gasteiger partial charge >= 0.3 is 6.61 Å². The van der Waals surface area contributed by atoms with Crippen LogP contribution in [0.5, 0.6) is 5.75 Å². The average molecular weight is 413 g/mol. The molecule has 0 spiro atoms. The number of hydrogen-bond donors (Lipinski definition) is 1. The molecule has 0 bridgehead atoms. The van der Waals surface area contributed by atoms with Crippen molar-refractivity contribution in [1.82, 2.24) is 25.5 Å². The van der Waals surface area contributed by atoms with Crippen LogP contribution in [-0.4, -0.2) is 57.7 Å². The van der Waals surface area contributed by atoms with E-state index < -0.39 is 6.61 Å². The van der Waals surface area contributed by atoms with Crippen molar-refractivity contribution in [2.45, 2.75) is 43.7 Å². The first-order chi connectivity index (χ1) is 13.6. The van der Waals surface area contributed by atoms with E-state index in [-0.39, 0.29) is 23.5 Å². The Morgan fingerprint density at radius 2 is 2.21 bits per heavy atom. The number of benzene rings is 1. The summed E-state index contributed by atoms with van der Waals surface area (Å²) in [6, 6.07) is 6.34. The summed E-state index contributed by atoms with van der Waals surface area (Å²) in [5.41, 5.74) is 0.912. The van der Waals surface area contributed by atoms with Gasteiger partial charge in [-0.3, -0.25) is 4.79 Å². The largest absolute Gasteiger partial charge is 0.435 e. The van der Waals surface area contributed by atoms with Gasteiger partial charge in [-0.05, 0) is 47.4 Å². The maximum atomic E-state index is 12.1. The molecule has 0 saturated carbocycles. The molecule has 2 heterocycles. The second-order valence-electron chi connectivity index (χ2n) is 6.19. The minimum Gasteiger partial charge on any atom is -0.435 e. The Morgan fingerprint density at radius 1 is 1.39 bits per heavy atom. The molecule has 1 aromatic carbocycles. The third-order valence-electron chi connectivity index (χ3n) is 4.12. The Balaban J connectivity index is 1.36. The highest BCUT2D eigenvalue weighted by Crippen LogP contribution is 2.18.